The summed E-state index contributed by atoms with van der Waals surface area (Å²) >= 11 is 0. The zero-order valence-electron chi connectivity index (χ0n) is 11.2. The van der Waals surface area contributed by atoms with E-state index in [1.54, 1.807) is 0 Å². The number of nitrogens with zero attached hydrogens (tertiary/aromatic N) is 2. The lowest BCUT2D eigenvalue weighted by molar-refractivity contribution is 0.465. The number of rotatable bonds is 3. The largest absolute Gasteiger partial charge is 0.436 e. The number of benzene rings is 2. The Hall–Kier alpha value is -2.62. The third-order valence-corrected chi connectivity index (χ3v) is 3.08. The lowest BCUT2D eigenvalue weighted by Crippen LogP contribution is -1.99. The number of fused-ring (bicyclic) bond motifs is 1. The molecular formula is C16H15N3O. The molecule has 1 aromatic heterocycles. The highest BCUT2D eigenvalue weighted by molar-refractivity contribution is 5.76. The van der Waals surface area contributed by atoms with Crippen LogP contribution in [0.2, 0.25) is 0 Å². The van der Waals surface area contributed by atoms with E-state index in [1.165, 1.54) is 5.56 Å². The number of aryl methyl sites for hydroxylation is 1. The number of para-hydroxylation sites is 2. The summed E-state index contributed by atoms with van der Waals surface area (Å²) in [5.41, 5.74) is 8.64. The average molecular weight is 265 g/mol. The summed E-state index contributed by atoms with van der Waals surface area (Å²) in [4.78, 5) is 8.72. The smallest absolute Gasteiger partial charge is 0.263 e. The van der Waals surface area contributed by atoms with E-state index in [2.05, 4.69) is 23.0 Å². The van der Waals surface area contributed by atoms with Crippen LogP contribution in [0, 0.1) is 0 Å². The molecule has 0 saturated carbocycles. The van der Waals surface area contributed by atoms with E-state index in [0.717, 1.165) is 23.2 Å². The van der Waals surface area contributed by atoms with Crippen molar-refractivity contribution in [2.45, 2.75) is 13.3 Å². The van der Waals surface area contributed by atoms with Crippen molar-refractivity contribution >= 4 is 16.9 Å². The molecule has 3 aromatic rings. The maximum Gasteiger partial charge on any atom is 0.263 e. The van der Waals surface area contributed by atoms with Crippen molar-refractivity contribution in [2.24, 2.45) is 0 Å². The number of aromatic nitrogens is 2. The number of nitrogens with two attached hydrogens (primary N) is 1. The van der Waals surface area contributed by atoms with Crippen molar-refractivity contribution in [1.82, 2.24) is 9.97 Å². The van der Waals surface area contributed by atoms with Crippen molar-refractivity contribution in [3.63, 3.8) is 0 Å². The van der Waals surface area contributed by atoms with E-state index >= 15 is 0 Å². The van der Waals surface area contributed by atoms with Crippen molar-refractivity contribution in [3.8, 4) is 11.6 Å². The Labute approximate surface area is 117 Å². The van der Waals surface area contributed by atoms with Gasteiger partial charge >= 0.3 is 0 Å². The van der Waals surface area contributed by atoms with Gasteiger partial charge in [-0.2, -0.15) is 0 Å². The lowest BCUT2D eigenvalue weighted by atomic mass is 10.2. The Bertz CT molecular complexity index is 756. The highest BCUT2D eigenvalue weighted by atomic mass is 16.5. The average Bonchev–Trinajstić information content (AvgIpc) is 2.48. The number of ether oxygens (including phenoxy) is 1. The summed E-state index contributed by atoms with van der Waals surface area (Å²) in [6.45, 7) is 2.10. The van der Waals surface area contributed by atoms with E-state index in [-0.39, 0.29) is 0 Å². The Morgan fingerprint density at radius 1 is 1.00 bits per heavy atom. The van der Waals surface area contributed by atoms with Gasteiger partial charge < -0.3 is 10.5 Å². The van der Waals surface area contributed by atoms with Crippen LogP contribution in [0.4, 0.5) is 5.82 Å². The third kappa shape index (κ3) is 2.40. The molecule has 0 aliphatic carbocycles. The topological polar surface area (TPSA) is 61.0 Å². The van der Waals surface area contributed by atoms with Crippen LogP contribution in [0.3, 0.4) is 0 Å². The molecule has 2 N–H and O–H groups in total. The zero-order valence-corrected chi connectivity index (χ0v) is 11.2. The van der Waals surface area contributed by atoms with Crippen LogP contribution in [0.1, 0.15) is 12.5 Å². The van der Waals surface area contributed by atoms with Gasteiger partial charge in [0.15, 0.2) is 5.82 Å². The molecule has 0 amide bonds. The molecule has 1 heterocycles. The van der Waals surface area contributed by atoms with E-state index in [0.29, 0.717) is 11.7 Å². The second-order valence-corrected chi connectivity index (χ2v) is 4.51. The van der Waals surface area contributed by atoms with Crippen LogP contribution >= 0.6 is 0 Å². The van der Waals surface area contributed by atoms with Crippen molar-refractivity contribution < 1.29 is 4.74 Å². The van der Waals surface area contributed by atoms with E-state index in [1.807, 2.05) is 42.5 Å². The van der Waals surface area contributed by atoms with Gasteiger partial charge in [-0.15, -0.1) is 0 Å². The van der Waals surface area contributed by atoms with Crippen LogP contribution in [0.25, 0.3) is 11.0 Å². The molecule has 2 aromatic carbocycles. The summed E-state index contributed by atoms with van der Waals surface area (Å²) in [5.74, 6) is 1.36. The first kappa shape index (κ1) is 12.4. The summed E-state index contributed by atoms with van der Waals surface area (Å²) in [5, 5.41) is 0. The van der Waals surface area contributed by atoms with Crippen LogP contribution in [0.5, 0.6) is 11.6 Å². The quantitative estimate of drug-likeness (QED) is 0.786. The minimum atomic E-state index is 0.297. The normalized spacial score (nSPS) is 10.7. The summed E-state index contributed by atoms with van der Waals surface area (Å²) in [7, 11) is 0. The number of hydrogen-bond donors (Lipinski definition) is 1. The molecule has 0 unspecified atom stereocenters. The highest BCUT2D eigenvalue weighted by Crippen LogP contribution is 2.26. The fourth-order valence-corrected chi connectivity index (χ4v) is 2.01. The lowest BCUT2D eigenvalue weighted by Gasteiger charge is -2.08. The highest BCUT2D eigenvalue weighted by Gasteiger charge is 2.08. The molecule has 0 aliphatic heterocycles. The monoisotopic (exact) mass is 265 g/mol. The molecule has 0 radical (unpaired) electrons. The summed E-state index contributed by atoms with van der Waals surface area (Å²) < 4.78 is 5.76. The first-order valence-electron chi connectivity index (χ1n) is 6.55. The zero-order chi connectivity index (χ0) is 13.9. The number of nitrogen functional groups attached to an aromatic ring is 1. The molecule has 4 heteroatoms. The van der Waals surface area contributed by atoms with Gasteiger partial charge in [0.25, 0.3) is 5.88 Å². The molecule has 0 aliphatic rings. The Kier molecular flexibility index (Phi) is 3.21. The third-order valence-electron chi connectivity index (χ3n) is 3.08. The Balaban J connectivity index is 1.99. The molecule has 0 bridgehead atoms. The molecule has 0 fully saturated rings. The van der Waals surface area contributed by atoms with Gasteiger partial charge in [-0.05, 0) is 36.2 Å². The second-order valence-electron chi connectivity index (χ2n) is 4.51. The fourth-order valence-electron chi connectivity index (χ4n) is 2.01. The Morgan fingerprint density at radius 2 is 1.75 bits per heavy atom. The standard InChI is InChI=1S/C16H15N3O/c1-2-11-6-5-7-12(10-11)20-16-15(17)18-13-8-3-4-9-14(13)19-16/h3-10H,2H2,1H3,(H2,17,18). The Morgan fingerprint density at radius 3 is 2.50 bits per heavy atom. The van der Waals surface area contributed by atoms with E-state index < -0.39 is 0 Å². The van der Waals surface area contributed by atoms with Gasteiger partial charge in [-0.25, -0.2) is 9.97 Å². The van der Waals surface area contributed by atoms with E-state index in [9.17, 15) is 0 Å². The van der Waals surface area contributed by atoms with Gasteiger partial charge in [-0.3, -0.25) is 0 Å². The molecule has 100 valence electrons. The number of hydrogen-bond acceptors (Lipinski definition) is 4. The number of anilines is 1. The van der Waals surface area contributed by atoms with Crippen LogP contribution < -0.4 is 10.5 Å². The van der Waals surface area contributed by atoms with Crippen molar-refractivity contribution in [3.05, 3.63) is 54.1 Å². The van der Waals surface area contributed by atoms with Gasteiger partial charge in [0.1, 0.15) is 5.75 Å². The molecular weight excluding hydrogens is 250 g/mol. The minimum absolute atomic E-state index is 0.297. The van der Waals surface area contributed by atoms with Gasteiger partial charge in [0.05, 0.1) is 11.0 Å². The first-order valence-corrected chi connectivity index (χ1v) is 6.55. The predicted octanol–water partition coefficient (Wildman–Crippen LogP) is 3.57. The predicted molar refractivity (Wildman–Crippen MR) is 79.8 cm³/mol. The molecule has 4 nitrogen and oxygen atoms in total. The van der Waals surface area contributed by atoms with Crippen molar-refractivity contribution in [1.29, 1.82) is 0 Å². The minimum Gasteiger partial charge on any atom is -0.436 e. The van der Waals surface area contributed by atoms with Crippen LogP contribution in [-0.4, -0.2) is 9.97 Å². The molecule has 0 saturated heterocycles. The molecule has 0 atom stereocenters. The first-order chi connectivity index (χ1) is 9.76. The summed E-state index contributed by atoms with van der Waals surface area (Å²) in [6.07, 6.45) is 0.954. The molecule has 20 heavy (non-hydrogen) atoms. The summed E-state index contributed by atoms with van der Waals surface area (Å²) in [6, 6.07) is 15.5. The van der Waals surface area contributed by atoms with Crippen LogP contribution in [0.15, 0.2) is 48.5 Å². The van der Waals surface area contributed by atoms with Gasteiger partial charge in [-0.1, -0.05) is 31.2 Å². The van der Waals surface area contributed by atoms with Gasteiger partial charge in [0, 0.05) is 0 Å². The molecule has 0 spiro atoms. The van der Waals surface area contributed by atoms with Crippen molar-refractivity contribution in [2.75, 3.05) is 5.73 Å². The van der Waals surface area contributed by atoms with E-state index in [4.69, 9.17) is 10.5 Å². The fraction of sp³-hybridized carbons (Fsp3) is 0.125. The maximum atomic E-state index is 5.91. The van der Waals surface area contributed by atoms with Crippen LogP contribution in [-0.2, 0) is 6.42 Å². The SMILES string of the molecule is CCc1cccc(Oc2nc3ccccc3nc2N)c1. The molecule has 3 rings (SSSR count). The second kappa shape index (κ2) is 5.17. The van der Waals surface area contributed by atoms with Gasteiger partial charge in [0.2, 0.25) is 0 Å². The maximum absolute atomic E-state index is 5.91.